The van der Waals surface area contributed by atoms with E-state index in [1.807, 2.05) is 17.5 Å². The highest BCUT2D eigenvalue weighted by Crippen LogP contribution is 2.37. The molecule has 8 heteroatoms. The van der Waals surface area contributed by atoms with Crippen molar-refractivity contribution in [3.8, 4) is 0 Å². The Labute approximate surface area is 136 Å². The van der Waals surface area contributed by atoms with Gasteiger partial charge in [-0.15, -0.1) is 16.5 Å². The van der Waals surface area contributed by atoms with Crippen LogP contribution in [0, 0.1) is 0 Å². The maximum absolute atomic E-state index is 12.2. The Morgan fingerprint density at radius 3 is 2.48 bits per heavy atom. The van der Waals surface area contributed by atoms with E-state index in [4.69, 9.17) is 0 Å². The normalized spacial score (nSPS) is 14.6. The molecule has 0 unspecified atom stereocenters. The maximum Gasteiger partial charge on any atom is 0.316 e. The molecule has 0 saturated heterocycles. The van der Waals surface area contributed by atoms with Crippen LogP contribution < -0.4 is 10.1 Å². The van der Waals surface area contributed by atoms with E-state index in [2.05, 4.69) is 10.2 Å². The summed E-state index contributed by atoms with van der Waals surface area (Å²) in [5, 5.41) is 31.4. The van der Waals surface area contributed by atoms with Crippen LogP contribution in [0.3, 0.4) is 0 Å². The summed E-state index contributed by atoms with van der Waals surface area (Å²) in [4.78, 5) is 13.2. The van der Waals surface area contributed by atoms with Gasteiger partial charge in [0.05, 0.1) is 23.6 Å². The molecule has 3 rings (SSSR count). The molecule has 1 aliphatic rings. The number of anilines is 2. The molecule has 0 fully saturated rings. The maximum atomic E-state index is 12.2. The summed E-state index contributed by atoms with van der Waals surface area (Å²) in [7, 11) is 0. The monoisotopic (exact) mass is 330 g/mol. The molecule has 1 aromatic heterocycles. The van der Waals surface area contributed by atoms with Gasteiger partial charge in [-0.1, -0.05) is 18.2 Å². The third kappa shape index (κ3) is 2.87. The number of amides is 1. The average molecular weight is 330 g/mol. The first kappa shape index (κ1) is 15.3. The fraction of sp³-hybridized carbons (Fsp3) is 0.133. The number of para-hydroxylation sites is 2. The molecule has 0 atom stereocenters. The molecule has 7 nitrogen and oxygen atoms in total. The van der Waals surface area contributed by atoms with Crippen LogP contribution in [0.2, 0.25) is 0 Å². The second-order valence-electron chi connectivity index (χ2n) is 4.83. The molecule has 2 N–H and O–H groups in total. The van der Waals surface area contributed by atoms with E-state index in [0.717, 1.165) is 15.0 Å². The van der Waals surface area contributed by atoms with Gasteiger partial charge in [0.25, 0.3) is 0 Å². The standard InChI is InChI=1S/C15H14N4O3S/c1-10-14(15(20)17-16-9-11-5-4-8-23-11)19(22)13-7-3-2-6-12(13)18(10)21/h2-8,21-22H,9H2,1H3. The van der Waals surface area contributed by atoms with E-state index in [-0.39, 0.29) is 17.1 Å². The SMILES string of the molecule is CC1=C(C(=O)N=NCc2cccs2)N(O)c2ccccc2N1O. The first-order chi connectivity index (χ1) is 11.1. The summed E-state index contributed by atoms with van der Waals surface area (Å²) in [6, 6.07) is 10.4. The van der Waals surface area contributed by atoms with E-state index < -0.39 is 5.91 Å². The molecule has 1 amide bonds. The summed E-state index contributed by atoms with van der Waals surface area (Å²) in [6.07, 6.45) is 0. The first-order valence-corrected chi connectivity index (χ1v) is 7.69. The Hall–Kier alpha value is -2.55. The molecule has 2 heterocycles. The molecular formula is C15H14N4O3S. The minimum absolute atomic E-state index is 0.138. The molecule has 1 aliphatic heterocycles. The second kappa shape index (κ2) is 6.29. The first-order valence-electron chi connectivity index (χ1n) is 6.81. The van der Waals surface area contributed by atoms with Crippen LogP contribution in [-0.4, -0.2) is 16.3 Å². The Morgan fingerprint density at radius 1 is 1.13 bits per heavy atom. The highest BCUT2D eigenvalue weighted by Gasteiger charge is 2.31. The Kier molecular flexibility index (Phi) is 4.20. The number of fused-ring (bicyclic) bond motifs is 1. The molecule has 0 spiro atoms. The molecule has 23 heavy (non-hydrogen) atoms. The number of azo groups is 1. The Morgan fingerprint density at radius 2 is 1.83 bits per heavy atom. The molecule has 2 aromatic rings. The van der Waals surface area contributed by atoms with Gasteiger partial charge >= 0.3 is 5.91 Å². The number of allylic oxidation sites excluding steroid dienone is 1. The zero-order valence-electron chi connectivity index (χ0n) is 12.2. The van der Waals surface area contributed by atoms with Crippen molar-refractivity contribution in [1.82, 2.24) is 0 Å². The summed E-state index contributed by atoms with van der Waals surface area (Å²) in [5.41, 5.74) is 0.699. The Bertz CT molecular complexity index is 786. The molecule has 1 aromatic carbocycles. The topological polar surface area (TPSA) is 88.7 Å². The van der Waals surface area contributed by atoms with Crippen molar-refractivity contribution in [1.29, 1.82) is 0 Å². The van der Waals surface area contributed by atoms with Crippen molar-refractivity contribution in [2.45, 2.75) is 13.5 Å². The van der Waals surface area contributed by atoms with E-state index in [1.54, 1.807) is 24.3 Å². The van der Waals surface area contributed by atoms with Crippen molar-refractivity contribution >= 4 is 28.6 Å². The van der Waals surface area contributed by atoms with Gasteiger partial charge in [-0.3, -0.25) is 15.2 Å². The minimum Gasteiger partial charge on any atom is -0.284 e. The molecule has 0 saturated carbocycles. The van der Waals surface area contributed by atoms with Gasteiger partial charge in [-0.2, -0.15) is 5.11 Å². The molecule has 0 aliphatic carbocycles. The van der Waals surface area contributed by atoms with E-state index in [1.165, 1.54) is 18.3 Å². The third-order valence-corrected chi connectivity index (χ3v) is 4.24. The predicted molar refractivity (Wildman–Crippen MR) is 85.6 cm³/mol. The van der Waals surface area contributed by atoms with Gasteiger partial charge in [-0.25, -0.2) is 10.1 Å². The average Bonchev–Trinajstić information content (AvgIpc) is 3.06. The lowest BCUT2D eigenvalue weighted by atomic mass is 10.1. The zero-order valence-corrected chi connectivity index (χ0v) is 13.1. The van der Waals surface area contributed by atoms with Crippen molar-refractivity contribution < 1.29 is 15.2 Å². The molecule has 118 valence electrons. The van der Waals surface area contributed by atoms with Crippen LogP contribution in [0.4, 0.5) is 11.4 Å². The van der Waals surface area contributed by atoms with Crippen LogP contribution in [0.5, 0.6) is 0 Å². The van der Waals surface area contributed by atoms with Crippen LogP contribution in [0.1, 0.15) is 11.8 Å². The van der Waals surface area contributed by atoms with Crippen molar-refractivity contribution in [3.63, 3.8) is 0 Å². The third-order valence-electron chi connectivity index (χ3n) is 3.38. The fourth-order valence-corrected chi connectivity index (χ4v) is 2.86. The van der Waals surface area contributed by atoms with Crippen molar-refractivity contribution in [2.24, 2.45) is 10.2 Å². The van der Waals surface area contributed by atoms with Crippen LogP contribution >= 0.6 is 11.3 Å². The lowest BCUT2D eigenvalue weighted by Crippen LogP contribution is -2.35. The van der Waals surface area contributed by atoms with Gasteiger partial charge < -0.3 is 0 Å². The van der Waals surface area contributed by atoms with Gasteiger partial charge in [0.2, 0.25) is 0 Å². The van der Waals surface area contributed by atoms with Gasteiger partial charge in [0.15, 0.2) is 5.70 Å². The number of hydroxylamine groups is 2. The highest BCUT2D eigenvalue weighted by molar-refractivity contribution is 7.09. The smallest absolute Gasteiger partial charge is 0.284 e. The van der Waals surface area contributed by atoms with E-state index in [0.29, 0.717) is 12.2 Å². The number of carbonyl (C=O) groups excluding carboxylic acids is 1. The van der Waals surface area contributed by atoms with Crippen molar-refractivity contribution in [3.05, 3.63) is 58.0 Å². The van der Waals surface area contributed by atoms with Crippen LogP contribution in [-0.2, 0) is 11.3 Å². The molecule has 0 bridgehead atoms. The summed E-state index contributed by atoms with van der Waals surface area (Å²) < 4.78 is 0. The molecule has 0 radical (unpaired) electrons. The Balaban J connectivity index is 1.85. The number of thiophene rings is 1. The predicted octanol–water partition coefficient (Wildman–Crippen LogP) is 3.56. The van der Waals surface area contributed by atoms with Gasteiger partial charge in [0, 0.05) is 4.88 Å². The lowest BCUT2D eigenvalue weighted by molar-refractivity contribution is -0.115. The van der Waals surface area contributed by atoms with Gasteiger partial charge in [0.1, 0.15) is 0 Å². The summed E-state index contributed by atoms with van der Waals surface area (Å²) in [6.45, 7) is 1.81. The van der Waals surface area contributed by atoms with E-state index in [9.17, 15) is 15.2 Å². The number of hydrogen-bond donors (Lipinski definition) is 2. The number of nitrogens with zero attached hydrogens (tertiary/aromatic N) is 4. The van der Waals surface area contributed by atoms with E-state index >= 15 is 0 Å². The lowest BCUT2D eigenvalue weighted by Gasteiger charge is -2.32. The van der Waals surface area contributed by atoms with Crippen LogP contribution in [0.25, 0.3) is 0 Å². The highest BCUT2D eigenvalue weighted by atomic mass is 32.1. The quantitative estimate of drug-likeness (QED) is 0.840. The molecular weight excluding hydrogens is 316 g/mol. The fourth-order valence-electron chi connectivity index (χ4n) is 2.24. The van der Waals surface area contributed by atoms with Crippen molar-refractivity contribution in [2.75, 3.05) is 10.1 Å². The number of rotatable bonds is 3. The van der Waals surface area contributed by atoms with Crippen LogP contribution in [0.15, 0.2) is 63.4 Å². The zero-order chi connectivity index (χ0) is 16.4. The largest absolute Gasteiger partial charge is 0.316 e. The number of benzene rings is 1. The number of carbonyl (C=O) groups is 1. The summed E-state index contributed by atoms with van der Waals surface area (Å²) in [5.74, 6) is -0.727. The summed E-state index contributed by atoms with van der Waals surface area (Å²) >= 11 is 1.52. The second-order valence-corrected chi connectivity index (χ2v) is 5.86. The van der Waals surface area contributed by atoms with Gasteiger partial charge in [-0.05, 0) is 30.5 Å². The number of hydrogen-bond acceptors (Lipinski definition) is 7. The minimum atomic E-state index is -0.727.